The summed E-state index contributed by atoms with van der Waals surface area (Å²) in [6, 6.07) is 8.70. The molecule has 1 fully saturated rings. The van der Waals surface area contributed by atoms with Crippen LogP contribution in [0.4, 0.5) is 15.8 Å². The van der Waals surface area contributed by atoms with Gasteiger partial charge in [0.2, 0.25) is 0 Å². The molecule has 0 radical (unpaired) electrons. The van der Waals surface area contributed by atoms with Crippen molar-refractivity contribution in [3.63, 3.8) is 0 Å². The third kappa shape index (κ3) is 4.78. The third-order valence-corrected chi connectivity index (χ3v) is 4.35. The molecule has 29 heavy (non-hydrogen) atoms. The van der Waals surface area contributed by atoms with Gasteiger partial charge in [-0.05, 0) is 24.3 Å². The molecule has 2 aromatic rings. The van der Waals surface area contributed by atoms with E-state index in [1.54, 1.807) is 0 Å². The molecule has 0 aromatic heterocycles. The molecule has 1 heterocycles. The van der Waals surface area contributed by atoms with Crippen molar-refractivity contribution in [3.05, 3.63) is 58.4 Å². The Morgan fingerprint density at radius 3 is 2.38 bits per heavy atom. The summed E-state index contributed by atoms with van der Waals surface area (Å²) in [4.78, 5) is 10.6. The second-order valence-electron chi connectivity index (χ2n) is 6.42. The Balaban J connectivity index is 1.85. The SMILES string of the molecule is O=[N+]([O-])c1cc(N[C@H]2O[C@@H](CO)[C@@H](O)[C@@H](O)[C@H]2O)cc(Oc2ccc(F)cc2)c1. The van der Waals surface area contributed by atoms with Crippen molar-refractivity contribution >= 4 is 11.4 Å². The van der Waals surface area contributed by atoms with Gasteiger partial charge in [0.15, 0.2) is 6.23 Å². The summed E-state index contributed by atoms with van der Waals surface area (Å²) in [5.41, 5.74) is -0.225. The van der Waals surface area contributed by atoms with Gasteiger partial charge in [0, 0.05) is 17.8 Å². The Kier molecular flexibility index (Phi) is 6.25. The first-order chi connectivity index (χ1) is 13.8. The number of nitrogens with one attached hydrogen (secondary N) is 1. The highest BCUT2D eigenvalue weighted by Gasteiger charge is 2.43. The number of aliphatic hydroxyl groups excluding tert-OH is 4. The second kappa shape index (κ2) is 8.68. The van der Waals surface area contributed by atoms with E-state index in [0.717, 1.165) is 12.1 Å². The molecular weight excluding hydrogens is 391 g/mol. The Bertz CT molecular complexity index is 863. The van der Waals surface area contributed by atoms with Crippen molar-refractivity contribution in [1.82, 2.24) is 0 Å². The van der Waals surface area contributed by atoms with E-state index in [4.69, 9.17) is 9.47 Å². The largest absolute Gasteiger partial charge is 0.457 e. The second-order valence-corrected chi connectivity index (χ2v) is 6.42. The van der Waals surface area contributed by atoms with Crippen LogP contribution in [0.15, 0.2) is 42.5 Å². The van der Waals surface area contributed by atoms with Crippen LogP contribution in [-0.2, 0) is 4.74 Å². The minimum absolute atomic E-state index is 0.0536. The number of nitro benzene ring substituents is 1. The monoisotopic (exact) mass is 410 g/mol. The molecule has 1 aliphatic heterocycles. The van der Waals surface area contributed by atoms with Gasteiger partial charge in [-0.2, -0.15) is 0 Å². The van der Waals surface area contributed by atoms with Crippen LogP contribution in [0.25, 0.3) is 0 Å². The van der Waals surface area contributed by atoms with E-state index in [2.05, 4.69) is 5.32 Å². The molecule has 10 nitrogen and oxygen atoms in total. The van der Waals surface area contributed by atoms with Crippen LogP contribution < -0.4 is 10.1 Å². The Morgan fingerprint density at radius 2 is 1.76 bits per heavy atom. The van der Waals surface area contributed by atoms with Crippen molar-refractivity contribution in [3.8, 4) is 11.5 Å². The van der Waals surface area contributed by atoms with Crippen LogP contribution in [-0.4, -0.2) is 62.6 Å². The number of rotatable bonds is 6. The third-order valence-electron chi connectivity index (χ3n) is 4.35. The summed E-state index contributed by atoms with van der Waals surface area (Å²) in [7, 11) is 0. The number of hydrogen-bond acceptors (Lipinski definition) is 9. The highest BCUT2D eigenvalue weighted by molar-refractivity contribution is 5.57. The predicted molar refractivity (Wildman–Crippen MR) is 97.0 cm³/mol. The summed E-state index contributed by atoms with van der Waals surface area (Å²) in [6.45, 7) is -0.614. The van der Waals surface area contributed by atoms with E-state index >= 15 is 0 Å². The highest BCUT2D eigenvalue weighted by Crippen LogP contribution is 2.31. The van der Waals surface area contributed by atoms with Crippen molar-refractivity contribution < 1.29 is 39.2 Å². The lowest BCUT2D eigenvalue weighted by Crippen LogP contribution is -2.60. The molecule has 5 N–H and O–H groups in total. The van der Waals surface area contributed by atoms with E-state index in [1.807, 2.05) is 0 Å². The zero-order chi connectivity index (χ0) is 21.1. The van der Waals surface area contributed by atoms with E-state index in [-0.39, 0.29) is 22.9 Å². The fourth-order valence-electron chi connectivity index (χ4n) is 2.85. The van der Waals surface area contributed by atoms with Gasteiger partial charge in [0.25, 0.3) is 5.69 Å². The van der Waals surface area contributed by atoms with E-state index < -0.39 is 48.0 Å². The van der Waals surface area contributed by atoms with Crippen molar-refractivity contribution in [1.29, 1.82) is 0 Å². The molecule has 1 saturated heterocycles. The van der Waals surface area contributed by atoms with Gasteiger partial charge < -0.3 is 35.2 Å². The number of hydrogen-bond donors (Lipinski definition) is 5. The summed E-state index contributed by atoms with van der Waals surface area (Å²) in [6.07, 6.45) is -7.12. The molecule has 2 aromatic carbocycles. The zero-order valence-corrected chi connectivity index (χ0v) is 14.9. The first kappa shape index (κ1) is 20.9. The molecule has 11 heteroatoms. The number of anilines is 1. The number of non-ortho nitro benzene ring substituents is 1. The first-order valence-corrected chi connectivity index (χ1v) is 8.58. The minimum Gasteiger partial charge on any atom is -0.457 e. The molecule has 0 unspecified atom stereocenters. The van der Waals surface area contributed by atoms with Gasteiger partial charge in [-0.3, -0.25) is 10.1 Å². The molecular formula is C18H19FN2O8. The number of nitro groups is 1. The molecule has 0 saturated carbocycles. The van der Waals surface area contributed by atoms with Gasteiger partial charge in [-0.25, -0.2) is 4.39 Å². The summed E-state index contributed by atoms with van der Waals surface area (Å²) in [5, 5.41) is 53.0. The predicted octanol–water partition coefficient (Wildman–Crippen LogP) is 0.738. The lowest BCUT2D eigenvalue weighted by molar-refractivity contribution is -0.384. The van der Waals surface area contributed by atoms with Gasteiger partial charge in [-0.15, -0.1) is 0 Å². The van der Waals surface area contributed by atoms with Gasteiger partial charge in [-0.1, -0.05) is 0 Å². The maximum absolute atomic E-state index is 13.0. The Morgan fingerprint density at radius 1 is 1.07 bits per heavy atom. The van der Waals surface area contributed by atoms with Gasteiger partial charge in [0.1, 0.15) is 41.7 Å². The lowest BCUT2D eigenvalue weighted by atomic mass is 9.98. The Hall–Kier alpha value is -2.83. The van der Waals surface area contributed by atoms with Crippen molar-refractivity contribution in [2.24, 2.45) is 0 Å². The lowest BCUT2D eigenvalue weighted by Gasteiger charge is -2.40. The standard InChI is InChI=1S/C18H19FN2O8/c19-9-1-3-12(4-2-9)28-13-6-10(5-11(7-13)21(26)27)20-18-17(25)16(24)15(23)14(8-22)29-18/h1-7,14-18,20,22-25H,8H2/t14-,15+,16+,17+,18-/m0/s1. The topological polar surface area (TPSA) is 155 Å². The van der Waals surface area contributed by atoms with Crippen LogP contribution >= 0.6 is 0 Å². The van der Waals surface area contributed by atoms with Gasteiger partial charge >= 0.3 is 0 Å². The van der Waals surface area contributed by atoms with Crippen molar-refractivity contribution in [2.75, 3.05) is 11.9 Å². The Labute approximate surface area is 163 Å². The highest BCUT2D eigenvalue weighted by atomic mass is 19.1. The maximum Gasteiger partial charge on any atom is 0.275 e. The number of halogens is 1. The summed E-state index contributed by atoms with van der Waals surface area (Å²) < 4.78 is 23.9. The molecule has 3 rings (SSSR count). The first-order valence-electron chi connectivity index (χ1n) is 8.58. The van der Waals surface area contributed by atoms with Crippen molar-refractivity contribution in [2.45, 2.75) is 30.6 Å². The number of aliphatic hydroxyl groups is 4. The minimum atomic E-state index is -1.60. The average molecular weight is 410 g/mol. The van der Waals surface area contributed by atoms with E-state index in [1.165, 1.54) is 30.3 Å². The zero-order valence-electron chi connectivity index (χ0n) is 14.9. The molecule has 156 valence electrons. The molecule has 0 amide bonds. The van der Waals surface area contributed by atoms with Crippen LogP contribution in [0, 0.1) is 15.9 Å². The summed E-state index contributed by atoms with van der Waals surface area (Å²) >= 11 is 0. The van der Waals surface area contributed by atoms with E-state index in [9.17, 15) is 34.9 Å². The average Bonchev–Trinajstić information content (AvgIpc) is 2.70. The molecule has 5 atom stereocenters. The molecule has 0 bridgehead atoms. The maximum atomic E-state index is 13.0. The fourth-order valence-corrected chi connectivity index (χ4v) is 2.85. The molecule has 0 aliphatic carbocycles. The molecule has 1 aliphatic rings. The van der Waals surface area contributed by atoms with Gasteiger partial charge in [0.05, 0.1) is 17.6 Å². The van der Waals surface area contributed by atoms with Crippen LogP contribution in [0.5, 0.6) is 11.5 Å². The smallest absolute Gasteiger partial charge is 0.275 e. The molecule has 0 spiro atoms. The quantitative estimate of drug-likeness (QED) is 0.342. The normalized spacial score (nSPS) is 26.7. The number of ether oxygens (including phenoxy) is 2. The summed E-state index contributed by atoms with van der Waals surface area (Å²) in [5.74, 6) is -0.176. The fraction of sp³-hybridized carbons (Fsp3) is 0.333. The van der Waals surface area contributed by atoms with Crippen LogP contribution in [0.3, 0.4) is 0 Å². The number of nitrogens with zero attached hydrogens (tertiary/aromatic N) is 1. The van der Waals surface area contributed by atoms with Crippen LogP contribution in [0.2, 0.25) is 0 Å². The van der Waals surface area contributed by atoms with Crippen LogP contribution in [0.1, 0.15) is 0 Å². The number of benzene rings is 2. The van der Waals surface area contributed by atoms with E-state index in [0.29, 0.717) is 0 Å².